The van der Waals surface area contributed by atoms with Crippen molar-refractivity contribution in [2.45, 2.75) is 51.8 Å². The van der Waals surface area contributed by atoms with Gasteiger partial charge in [0.25, 0.3) is 0 Å². The molecule has 0 aliphatic rings. The van der Waals surface area contributed by atoms with Crippen molar-refractivity contribution in [3.05, 3.63) is 0 Å². The Morgan fingerprint density at radius 1 is 1.14 bits per heavy atom. The summed E-state index contributed by atoms with van der Waals surface area (Å²) in [5.41, 5.74) is 0. The van der Waals surface area contributed by atoms with E-state index in [9.17, 15) is 18.0 Å². The molecule has 0 aromatic rings. The topological polar surface area (TPSA) is 26.3 Å². The third-order valence-electron chi connectivity index (χ3n) is 1.71. The summed E-state index contributed by atoms with van der Waals surface area (Å²) in [5, 5.41) is 0. The van der Waals surface area contributed by atoms with Crippen molar-refractivity contribution in [2.24, 2.45) is 0 Å². The maximum absolute atomic E-state index is 11.5. The van der Waals surface area contributed by atoms with E-state index in [4.69, 9.17) is 0 Å². The normalized spacial score (nSPS) is 11.4. The minimum absolute atomic E-state index is 0.150. The van der Waals surface area contributed by atoms with Crippen LogP contribution in [0.2, 0.25) is 0 Å². The van der Waals surface area contributed by atoms with E-state index in [2.05, 4.69) is 4.74 Å². The number of carbonyl (C=O) groups excluding carboxylic acids is 1. The zero-order chi connectivity index (χ0) is 11.0. The molecule has 84 valence electrons. The maximum Gasteiger partial charge on any atom is 0.575 e. The summed E-state index contributed by atoms with van der Waals surface area (Å²) in [6.45, 7) is 2.04. The molecule has 0 saturated heterocycles. The molecule has 0 N–H and O–H groups in total. The van der Waals surface area contributed by atoms with Gasteiger partial charge in [0.1, 0.15) is 0 Å². The van der Waals surface area contributed by atoms with Crippen molar-refractivity contribution in [1.29, 1.82) is 0 Å². The minimum atomic E-state index is -4.83. The van der Waals surface area contributed by atoms with E-state index in [1.165, 1.54) is 0 Å². The van der Waals surface area contributed by atoms with Gasteiger partial charge in [-0.3, -0.25) is 4.79 Å². The molecule has 0 spiro atoms. The van der Waals surface area contributed by atoms with Crippen LogP contribution in [0.25, 0.3) is 0 Å². The number of halogens is 3. The first kappa shape index (κ1) is 13.3. The number of ether oxygens (including phenoxy) is 1. The van der Waals surface area contributed by atoms with E-state index < -0.39 is 12.3 Å². The highest BCUT2D eigenvalue weighted by atomic mass is 19.4. The summed E-state index contributed by atoms with van der Waals surface area (Å²) in [4.78, 5) is 10.5. The molecule has 0 bridgehead atoms. The highest BCUT2D eigenvalue weighted by Crippen LogP contribution is 2.17. The first-order chi connectivity index (χ1) is 6.45. The molecule has 0 aliphatic carbocycles. The Kier molecular flexibility index (Phi) is 6.32. The number of rotatable bonds is 6. The van der Waals surface area contributed by atoms with Crippen molar-refractivity contribution in [3.63, 3.8) is 0 Å². The molecule has 0 saturated carbocycles. The number of alkyl halides is 3. The second-order valence-electron chi connectivity index (χ2n) is 3.08. The lowest BCUT2D eigenvalue weighted by molar-refractivity contribution is -0.305. The van der Waals surface area contributed by atoms with Gasteiger partial charge in [-0.15, -0.1) is 13.2 Å². The largest absolute Gasteiger partial charge is 0.575 e. The molecule has 0 aromatic carbocycles. The lowest BCUT2D eigenvalue weighted by Gasteiger charge is -2.06. The van der Waals surface area contributed by atoms with E-state index in [1.54, 1.807) is 0 Å². The lowest BCUT2D eigenvalue weighted by atomic mass is 10.1. The Balaban J connectivity index is 3.36. The number of hydrogen-bond donors (Lipinski definition) is 0. The van der Waals surface area contributed by atoms with E-state index >= 15 is 0 Å². The van der Waals surface area contributed by atoms with Crippen LogP contribution >= 0.6 is 0 Å². The Morgan fingerprint density at radius 3 is 2.21 bits per heavy atom. The fourth-order valence-corrected chi connectivity index (χ4v) is 1.05. The molecule has 0 atom stereocenters. The smallest absolute Gasteiger partial charge is 0.373 e. The molecule has 0 unspecified atom stereocenters. The monoisotopic (exact) mass is 212 g/mol. The van der Waals surface area contributed by atoms with Gasteiger partial charge < -0.3 is 4.74 Å². The summed E-state index contributed by atoms with van der Waals surface area (Å²) in [6.07, 6.45) is -0.670. The van der Waals surface area contributed by atoms with Crippen LogP contribution in [0.4, 0.5) is 13.2 Å². The van der Waals surface area contributed by atoms with Gasteiger partial charge in [0.2, 0.25) is 0 Å². The van der Waals surface area contributed by atoms with Crippen molar-refractivity contribution < 1.29 is 22.7 Å². The molecule has 0 rings (SSSR count). The summed E-state index contributed by atoms with van der Waals surface area (Å²) < 4.78 is 37.7. The lowest BCUT2D eigenvalue weighted by Crippen LogP contribution is -2.18. The van der Waals surface area contributed by atoms with Gasteiger partial charge in [-0.25, -0.2) is 0 Å². The van der Waals surface area contributed by atoms with Crippen molar-refractivity contribution >= 4 is 5.97 Å². The maximum atomic E-state index is 11.5. The van der Waals surface area contributed by atoms with E-state index in [-0.39, 0.29) is 6.42 Å². The van der Waals surface area contributed by atoms with Crippen LogP contribution in [0.3, 0.4) is 0 Å². The fraction of sp³-hybridized carbons (Fsp3) is 0.889. The molecule has 14 heavy (non-hydrogen) atoms. The molecule has 0 amide bonds. The number of carbonyl (C=O) groups is 1. The predicted octanol–water partition coefficient (Wildman–Crippen LogP) is 3.41. The minimum Gasteiger partial charge on any atom is -0.373 e. The highest BCUT2D eigenvalue weighted by molar-refractivity contribution is 5.69. The van der Waals surface area contributed by atoms with Gasteiger partial charge in [-0.2, -0.15) is 0 Å². The fourth-order valence-electron chi connectivity index (χ4n) is 1.05. The number of unbranched alkanes of at least 4 members (excludes halogenated alkanes) is 4. The average Bonchev–Trinajstić information content (AvgIpc) is 2.00. The molecular formula is C9H15F3O2. The van der Waals surface area contributed by atoms with Crippen LogP contribution in [0.1, 0.15) is 45.4 Å². The van der Waals surface area contributed by atoms with E-state index in [0.717, 1.165) is 25.7 Å². The van der Waals surface area contributed by atoms with Crippen molar-refractivity contribution in [2.75, 3.05) is 0 Å². The number of hydrogen-bond acceptors (Lipinski definition) is 2. The SMILES string of the molecule is CCCCCCCC(=O)OC(F)(F)F. The second-order valence-corrected chi connectivity index (χ2v) is 3.08. The second kappa shape index (κ2) is 6.68. The van der Waals surface area contributed by atoms with Gasteiger partial charge in [-0.05, 0) is 6.42 Å². The molecule has 0 heterocycles. The first-order valence-electron chi connectivity index (χ1n) is 4.74. The first-order valence-corrected chi connectivity index (χ1v) is 4.74. The standard InChI is InChI=1S/C9H15F3O2/c1-2-3-4-5-6-7-8(13)14-9(10,11)12/h2-7H2,1H3. The molecule has 5 heteroatoms. The summed E-state index contributed by atoms with van der Waals surface area (Å²) in [7, 11) is 0. The van der Waals surface area contributed by atoms with Crippen LogP contribution in [0.5, 0.6) is 0 Å². The molecule has 0 radical (unpaired) electrons. The molecular weight excluding hydrogens is 197 g/mol. The van der Waals surface area contributed by atoms with Gasteiger partial charge in [0, 0.05) is 6.42 Å². The van der Waals surface area contributed by atoms with Crippen molar-refractivity contribution in [3.8, 4) is 0 Å². The molecule has 0 aliphatic heterocycles. The summed E-state index contributed by atoms with van der Waals surface area (Å²) >= 11 is 0. The van der Waals surface area contributed by atoms with Gasteiger partial charge in [0.15, 0.2) is 0 Å². The molecule has 0 aromatic heterocycles. The van der Waals surface area contributed by atoms with Gasteiger partial charge in [0.05, 0.1) is 0 Å². The third-order valence-corrected chi connectivity index (χ3v) is 1.71. The number of esters is 1. The average molecular weight is 212 g/mol. The molecule has 2 nitrogen and oxygen atoms in total. The van der Waals surface area contributed by atoms with Crippen LogP contribution in [0.15, 0.2) is 0 Å². The Labute approximate surface area is 81.4 Å². The van der Waals surface area contributed by atoms with Crippen LogP contribution < -0.4 is 0 Å². The zero-order valence-electron chi connectivity index (χ0n) is 8.19. The molecule has 0 fully saturated rings. The van der Waals surface area contributed by atoms with Crippen LogP contribution in [0, 0.1) is 0 Å². The van der Waals surface area contributed by atoms with Crippen LogP contribution in [-0.4, -0.2) is 12.3 Å². The van der Waals surface area contributed by atoms with E-state index in [1.807, 2.05) is 6.92 Å². The highest BCUT2D eigenvalue weighted by Gasteiger charge is 2.33. The van der Waals surface area contributed by atoms with E-state index in [0.29, 0.717) is 6.42 Å². The third kappa shape index (κ3) is 9.35. The van der Waals surface area contributed by atoms with Gasteiger partial charge in [-0.1, -0.05) is 32.6 Å². The van der Waals surface area contributed by atoms with Crippen molar-refractivity contribution in [1.82, 2.24) is 0 Å². The zero-order valence-corrected chi connectivity index (χ0v) is 8.19. The quantitative estimate of drug-likeness (QED) is 0.498. The Morgan fingerprint density at radius 2 is 1.71 bits per heavy atom. The van der Waals surface area contributed by atoms with Crippen LogP contribution in [-0.2, 0) is 9.53 Å². The summed E-state index contributed by atoms with van der Waals surface area (Å²) in [5.74, 6) is -1.19. The Bertz CT molecular complexity index is 166. The predicted molar refractivity (Wildman–Crippen MR) is 45.5 cm³/mol. The van der Waals surface area contributed by atoms with Gasteiger partial charge >= 0.3 is 12.3 Å². The summed E-state index contributed by atoms with van der Waals surface area (Å²) in [6, 6.07) is 0. The Hall–Kier alpha value is -0.740.